The van der Waals surface area contributed by atoms with Crippen molar-refractivity contribution >= 4 is 0 Å². The van der Waals surface area contributed by atoms with Gasteiger partial charge in [0.15, 0.2) is 0 Å². The molecule has 1 fully saturated rings. The first-order valence-electron chi connectivity index (χ1n) is 7.32. The van der Waals surface area contributed by atoms with Gasteiger partial charge in [0.25, 0.3) is 0 Å². The predicted octanol–water partition coefficient (Wildman–Crippen LogP) is 1.87. The van der Waals surface area contributed by atoms with E-state index in [1.807, 2.05) is 0 Å². The fourth-order valence-electron chi connectivity index (χ4n) is 2.94. The second-order valence-electron chi connectivity index (χ2n) is 7.12. The molecule has 0 saturated carbocycles. The standard InChI is InChI=1S/C15H32N2O2/c1-11(2)18-9-8-17(7)10-12-13(16)15(5,6)19-14(12,3)4/h11-13H,8-10,16H2,1-7H3. The van der Waals surface area contributed by atoms with Crippen LogP contribution in [0.2, 0.25) is 0 Å². The Hall–Kier alpha value is -0.160. The number of hydrogen-bond acceptors (Lipinski definition) is 4. The Morgan fingerprint density at radius 1 is 1.21 bits per heavy atom. The molecule has 1 aliphatic rings. The molecule has 0 amide bonds. The van der Waals surface area contributed by atoms with Gasteiger partial charge in [-0.05, 0) is 48.6 Å². The minimum absolute atomic E-state index is 0.0657. The van der Waals surface area contributed by atoms with Crippen molar-refractivity contribution in [1.29, 1.82) is 0 Å². The smallest absolute Gasteiger partial charge is 0.0788 e. The summed E-state index contributed by atoms with van der Waals surface area (Å²) in [5.41, 5.74) is 5.96. The van der Waals surface area contributed by atoms with Crippen LogP contribution in [0.4, 0.5) is 0 Å². The fraction of sp³-hybridized carbons (Fsp3) is 1.00. The van der Waals surface area contributed by atoms with Gasteiger partial charge in [0, 0.05) is 25.0 Å². The van der Waals surface area contributed by atoms with Crippen molar-refractivity contribution in [2.75, 3.05) is 26.7 Å². The number of nitrogens with two attached hydrogens (primary N) is 1. The zero-order valence-electron chi connectivity index (χ0n) is 13.7. The van der Waals surface area contributed by atoms with Crippen molar-refractivity contribution in [1.82, 2.24) is 4.90 Å². The van der Waals surface area contributed by atoms with Crippen LogP contribution in [0.25, 0.3) is 0 Å². The van der Waals surface area contributed by atoms with Gasteiger partial charge in [-0.25, -0.2) is 0 Å². The van der Waals surface area contributed by atoms with Crippen molar-refractivity contribution in [3.8, 4) is 0 Å². The molecular weight excluding hydrogens is 240 g/mol. The van der Waals surface area contributed by atoms with E-state index in [1.165, 1.54) is 0 Å². The summed E-state index contributed by atoms with van der Waals surface area (Å²) < 4.78 is 11.7. The summed E-state index contributed by atoms with van der Waals surface area (Å²) >= 11 is 0. The Morgan fingerprint density at radius 3 is 2.21 bits per heavy atom. The Kier molecular flexibility index (Phi) is 5.41. The van der Waals surface area contributed by atoms with E-state index in [4.69, 9.17) is 15.2 Å². The second kappa shape index (κ2) is 6.08. The van der Waals surface area contributed by atoms with Gasteiger partial charge in [-0.15, -0.1) is 0 Å². The van der Waals surface area contributed by atoms with Gasteiger partial charge >= 0.3 is 0 Å². The van der Waals surface area contributed by atoms with Crippen LogP contribution in [0.15, 0.2) is 0 Å². The van der Waals surface area contributed by atoms with Crippen molar-refractivity contribution in [2.45, 2.75) is 64.9 Å². The topological polar surface area (TPSA) is 47.7 Å². The van der Waals surface area contributed by atoms with Gasteiger partial charge in [-0.1, -0.05) is 0 Å². The zero-order valence-corrected chi connectivity index (χ0v) is 13.7. The second-order valence-corrected chi connectivity index (χ2v) is 7.12. The third-order valence-electron chi connectivity index (χ3n) is 4.09. The lowest BCUT2D eigenvalue weighted by molar-refractivity contribution is -0.0784. The van der Waals surface area contributed by atoms with Crippen LogP contribution in [-0.2, 0) is 9.47 Å². The SMILES string of the molecule is CC(C)OCCN(C)CC1C(N)C(C)(C)OC1(C)C. The van der Waals surface area contributed by atoms with Crippen LogP contribution in [0.5, 0.6) is 0 Å². The first-order valence-corrected chi connectivity index (χ1v) is 7.32. The maximum atomic E-state index is 6.37. The molecule has 114 valence electrons. The summed E-state index contributed by atoms with van der Waals surface area (Å²) in [7, 11) is 2.12. The van der Waals surface area contributed by atoms with Crippen LogP contribution < -0.4 is 5.73 Å². The van der Waals surface area contributed by atoms with Crippen LogP contribution in [0.3, 0.4) is 0 Å². The maximum Gasteiger partial charge on any atom is 0.0788 e. The Bertz CT molecular complexity index is 290. The number of ether oxygens (including phenoxy) is 2. The molecule has 19 heavy (non-hydrogen) atoms. The molecule has 1 aliphatic heterocycles. The number of hydrogen-bond donors (Lipinski definition) is 1. The van der Waals surface area contributed by atoms with Gasteiger partial charge in [-0.3, -0.25) is 0 Å². The monoisotopic (exact) mass is 272 g/mol. The molecule has 2 N–H and O–H groups in total. The summed E-state index contributed by atoms with van der Waals surface area (Å²) in [6.07, 6.45) is 0.292. The molecule has 4 nitrogen and oxygen atoms in total. The molecule has 2 unspecified atom stereocenters. The first kappa shape index (κ1) is 16.9. The van der Waals surface area contributed by atoms with Gasteiger partial charge in [0.1, 0.15) is 0 Å². The summed E-state index contributed by atoms with van der Waals surface area (Å²) in [6, 6.07) is 0.0657. The number of likely N-dealkylation sites (N-methyl/N-ethyl adjacent to an activating group) is 1. The van der Waals surface area contributed by atoms with Gasteiger partial charge in [-0.2, -0.15) is 0 Å². The highest BCUT2D eigenvalue weighted by Crippen LogP contribution is 2.41. The fourth-order valence-corrected chi connectivity index (χ4v) is 2.94. The average molecular weight is 272 g/mol. The molecule has 0 bridgehead atoms. The summed E-state index contributed by atoms with van der Waals surface area (Å²) in [5.74, 6) is 0.339. The molecule has 0 aromatic rings. The highest BCUT2D eigenvalue weighted by molar-refractivity contribution is 5.04. The molecule has 0 radical (unpaired) electrons. The van der Waals surface area contributed by atoms with E-state index in [9.17, 15) is 0 Å². The van der Waals surface area contributed by atoms with E-state index < -0.39 is 0 Å². The Morgan fingerprint density at radius 2 is 1.79 bits per heavy atom. The van der Waals surface area contributed by atoms with Crippen LogP contribution in [-0.4, -0.2) is 55.0 Å². The van der Waals surface area contributed by atoms with Crippen LogP contribution in [0, 0.1) is 5.92 Å². The van der Waals surface area contributed by atoms with E-state index in [1.54, 1.807) is 0 Å². The molecular formula is C15H32N2O2. The van der Waals surface area contributed by atoms with E-state index in [0.29, 0.717) is 12.0 Å². The third kappa shape index (κ3) is 4.42. The molecule has 1 rings (SSSR count). The molecule has 4 heteroatoms. The van der Waals surface area contributed by atoms with Crippen molar-refractivity contribution in [2.24, 2.45) is 11.7 Å². The Balaban J connectivity index is 2.51. The molecule has 0 aliphatic carbocycles. The van der Waals surface area contributed by atoms with Crippen molar-refractivity contribution < 1.29 is 9.47 Å². The molecule has 1 saturated heterocycles. The zero-order chi connectivity index (χ0) is 14.8. The van der Waals surface area contributed by atoms with Crippen LogP contribution in [0.1, 0.15) is 41.5 Å². The number of nitrogens with zero attached hydrogens (tertiary/aromatic N) is 1. The summed E-state index contributed by atoms with van der Waals surface area (Å²) in [5, 5.41) is 0. The van der Waals surface area contributed by atoms with Gasteiger partial charge in [0.05, 0.1) is 23.9 Å². The first-order chi connectivity index (χ1) is 8.56. The lowest BCUT2D eigenvalue weighted by Gasteiger charge is -2.31. The summed E-state index contributed by atoms with van der Waals surface area (Å²) in [4.78, 5) is 2.29. The normalized spacial score (nSPS) is 29.4. The maximum absolute atomic E-state index is 6.37. The predicted molar refractivity (Wildman–Crippen MR) is 79.3 cm³/mol. The van der Waals surface area contributed by atoms with E-state index in [-0.39, 0.29) is 17.2 Å². The highest BCUT2D eigenvalue weighted by Gasteiger charge is 2.52. The van der Waals surface area contributed by atoms with E-state index >= 15 is 0 Å². The molecule has 0 aromatic carbocycles. The van der Waals surface area contributed by atoms with Crippen molar-refractivity contribution in [3.63, 3.8) is 0 Å². The largest absolute Gasteiger partial charge is 0.377 e. The quantitative estimate of drug-likeness (QED) is 0.802. The molecule has 1 heterocycles. The van der Waals surface area contributed by atoms with Crippen molar-refractivity contribution in [3.05, 3.63) is 0 Å². The van der Waals surface area contributed by atoms with Gasteiger partial charge < -0.3 is 20.1 Å². The minimum atomic E-state index is -0.247. The third-order valence-corrected chi connectivity index (χ3v) is 4.09. The molecule has 0 spiro atoms. The molecule has 2 atom stereocenters. The summed E-state index contributed by atoms with van der Waals surface area (Å²) in [6.45, 7) is 15.2. The lowest BCUT2D eigenvalue weighted by Crippen LogP contribution is -2.48. The number of rotatable bonds is 6. The van der Waals surface area contributed by atoms with Crippen LogP contribution >= 0.6 is 0 Å². The highest BCUT2D eigenvalue weighted by atomic mass is 16.5. The van der Waals surface area contributed by atoms with E-state index in [2.05, 4.69) is 53.5 Å². The molecule has 0 aromatic heterocycles. The van der Waals surface area contributed by atoms with Gasteiger partial charge in [0.2, 0.25) is 0 Å². The minimum Gasteiger partial charge on any atom is -0.377 e. The average Bonchev–Trinajstić information content (AvgIpc) is 2.36. The van der Waals surface area contributed by atoms with E-state index in [0.717, 1.165) is 19.7 Å². The lowest BCUT2D eigenvalue weighted by atomic mass is 9.83. The Labute approximate surface area is 118 Å².